The molecule has 0 saturated carbocycles. The van der Waals surface area contributed by atoms with Crippen LogP contribution in [0.2, 0.25) is 0 Å². The van der Waals surface area contributed by atoms with Crippen molar-refractivity contribution in [2.45, 2.75) is 0 Å². The summed E-state index contributed by atoms with van der Waals surface area (Å²) in [5, 5.41) is 7.52. The van der Waals surface area contributed by atoms with Gasteiger partial charge in [-0.2, -0.15) is 0 Å². The maximum Gasteiger partial charge on any atom is -0.0171 e. The molecule has 0 bridgehead atoms. The molecule has 0 amide bonds. The molecule has 0 aliphatic rings. The van der Waals surface area contributed by atoms with Gasteiger partial charge in [-0.05, 0) is 239 Å². The number of rotatable bonds is 12. The average molecular weight is 1140 g/mol. The molecule has 0 heteroatoms. The van der Waals surface area contributed by atoms with Crippen LogP contribution in [0.5, 0.6) is 0 Å². The lowest BCUT2D eigenvalue weighted by atomic mass is 9.90. The predicted octanol–water partition coefficient (Wildman–Crippen LogP) is 25.2. The van der Waals surface area contributed by atoms with Gasteiger partial charge in [0.25, 0.3) is 0 Å². The first kappa shape index (κ1) is 53.7. The van der Waals surface area contributed by atoms with Gasteiger partial charge in [-0.3, -0.25) is 0 Å². The molecule has 0 heterocycles. The maximum absolute atomic E-state index is 2.38. The highest BCUT2D eigenvalue weighted by Gasteiger charge is 2.14. The number of hydrogen-bond donors (Lipinski definition) is 0. The Kier molecular flexibility index (Phi) is 14.1. The van der Waals surface area contributed by atoms with Gasteiger partial charge in [-0.25, -0.2) is 0 Å². The third-order valence-corrected chi connectivity index (χ3v) is 18.0. The molecule has 420 valence electrons. The second-order valence-corrected chi connectivity index (χ2v) is 23.7. The molecule has 0 aliphatic heterocycles. The van der Waals surface area contributed by atoms with E-state index in [0.717, 1.165) is 33.4 Å². The Balaban J connectivity index is 0.730. The van der Waals surface area contributed by atoms with Crippen molar-refractivity contribution in [3.05, 3.63) is 364 Å². The van der Waals surface area contributed by atoms with E-state index in [0.29, 0.717) is 0 Å². The predicted molar refractivity (Wildman–Crippen MR) is 384 cm³/mol. The van der Waals surface area contributed by atoms with E-state index in [4.69, 9.17) is 0 Å². The van der Waals surface area contributed by atoms with Crippen LogP contribution in [0.25, 0.3) is 166 Å². The van der Waals surface area contributed by atoms with Crippen molar-refractivity contribution in [1.29, 1.82) is 0 Å². The fourth-order valence-corrected chi connectivity index (χ4v) is 13.1. The van der Waals surface area contributed by atoms with E-state index in [1.54, 1.807) is 0 Å². The summed E-state index contributed by atoms with van der Waals surface area (Å²) in [6, 6.07) is 134. The highest BCUT2D eigenvalue weighted by atomic mass is 14.2. The minimum atomic E-state index is 1.16. The molecule has 90 heavy (non-hydrogen) atoms. The number of benzene rings is 16. The Labute approximate surface area is 526 Å². The highest BCUT2D eigenvalue weighted by Crippen LogP contribution is 2.40. The Bertz CT molecular complexity index is 4790. The normalized spacial score (nSPS) is 11.3. The molecule has 0 unspecified atom stereocenters. The lowest BCUT2D eigenvalue weighted by Gasteiger charge is -2.15. The summed E-state index contributed by atoms with van der Waals surface area (Å²) in [5.74, 6) is 0. The van der Waals surface area contributed by atoms with Gasteiger partial charge in [0.05, 0.1) is 0 Å². The topological polar surface area (TPSA) is 0 Å². The quantitative estimate of drug-likeness (QED) is 0.114. The van der Waals surface area contributed by atoms with Gasteiger partial charge in [0.1, 0.15) is 0 Å². The summed E-state index contributed by atoms with van der Waals surface area (Å²) < 4.78 is 0. The molecule has 0 aliphatic carbocycles. The minimum absolute atomic E-state index is 1.16. The van der Waals surface area contributed by atoms with Crippen LogP contribution in [-0.4, -0.2) is 0 Å². The lowest BCUT2D eigenvalue weighted by Crippen LogP contribution is -1.89. The van der Waals surface area contributed by atoms with E-state index in [-0.39, 0.29) is 0 Å². The Morgan fingerprint density at radius 3 is 0.433 bits per heavy atom. The van der Waals surface area contributed by atoms with Gasteiger partial charge in [0, 0.05) is 0 Å². The molecule has 16 aromatic rings. The van der Waals surface area contributed by atoms with Gasteiger partial charge in [0.15, 0.2) is 0 Å². The van der Waals surface area contributed by atoms with Crippen molar-refractivity contribution in [3.8, 4) is 134 Å². The van der Waals surface area contributed by atoms with Gasteiger partial charge >= 0.3 is 0 Å². The largest absolute Gasteiger partial charge is 0.0616 e. The molecule has 0 atom stereocenters. The van der Waals surface area contributed by atoms with Gasteiger partial charge in [-0.15, -0.1) is 0 Å². The number of fused-ring (bicyclic) bond motifs is 3. The van der Waals surface area contributed by atoms with E-state index in [1.165, 1.54) is 132 Å². The molecule has 0 aromatic heterocycles. The number of hydrogen-bond acceptors (Lipinski definition) is 0. The molecular formula is C90H60. The van der Waals surface area contributed by atoms with Crippen LogP contribution in [0, 0.1) is 0 Å². The van der Waals surface area contributed by atoms with E-state index >= 15 is 0 Å². The van der Waals surface area contributed by atoms with Crippen LogP contribution >= 0.6 is 0 Å². The summed E-state index contributed by atoms with van der Waals surface area (Å²) in [6.45, 7) is 0. The van der Waals surface area contributed by atoms with Crippen molar-refractivity contribution in [1.82, 2.24) is 0 Å². The van der Waals surface area contributed by atoms with E-state index in [2.05, 4.69) is 364 Å². The van der Waals surface area contributed by atoms with E-state index in [9.17, 15) is 0 Å². The molecular weight excluding hydrogens is 1080 g/mol. The Morgan fingerprint density at radius 1 is 0.0778 bits per heavy atom. The van der Waals surface area contributed by atoms with Gasteiger partial charge in [-0.1, -0.05) is 291 Å². The average Bonchev–Trinajstić information content (AvgIpc) is 1.59. The third kappa shape index (κ3) is 11.0. The Hall–Kier alpha value is -11.7. The van der Waals surface area contributed by atoms with Crippen molar-refractivity contribution < 1.29 is 0 Å². The van der Waals surface area contributed by atoms with Crippen LogP contribution in [0.3, 0.4) is 0 Å². The molecule has 0 spiro atoms. The van der Waals surface area contributed by atoms with Crippen LogP contribution < -0.4 is 0 Å². The zero-order valence-electron chi connectivity index (χ0n) is 49.6. The summed E-state index contributed by atoms with van der Waals surface area (Å²) in [5.41, 5.74) is 28.4. The highest BCUT2D eigenvalue weighted by molar-refractivity contribution is 5.92. The zero-order valence-corrected chi connectivity index (χ0v) is 49.6. The Morgan fingerprint density at radius 2 is 0.222 bits per heavy atom. The first-order valence-electron chi connectivity index (χ1n) is 31.1. The second-order valence-electron chi connectivity index (χ2n) is 23.7. The van der Waals surface area contributed by atoms with Crippen molar-refractivity contribution in [2.75, 3.05) is 0 Å². The van der Waals surface area contributed by atoms with Crippen molar-refractivity contribution in [3.63, 3.8) is 0 Å². The molecule has 16 aromatic carbocycles. The minimum Gasteiger partial charge on any atom is -0.0616 e. The molecule has 0 radical (unpaired) electrons. The second kappa shape index (κ2) is 23.5. The lowest BCUT2D eigenvalue weighted by molar-refractivity contribution is 1.54. The van der Waals surface area contributed by atoms with Crippen LogP contribution in [-0.2, 0) is 0 Å². The van der Waals surface area contributed by atoms with Gasteiger partial charge in [0.2, 0.25) is 0 Å². The summed E-state index contributed by atoms with van der Waals surface area (Å²) in [4.78, 5) is 0. The summed E-state index contributed by atoms with van der Waals surface area (Å²) >= 11 is 0. The van der Waals surface area contributed by atoms with Crippen LogP contribution in [0.1, 0.15) is 0 Å². The monoisotopic (exact) mass is 1140 g/mol. The fourth-order valence-electron chi connectivity index (χ4n) is 13.1. The SMILES string of the molecule is c1cc(-c2ccc(-c3ccc4ccccc4c3)cc2)cc(-c2cccc(-c3cc(-c4cccc(-c5cccc(-c6ccc(-c7ccc8ccccc8c7)cc6)c5)c4)cc(-c4cccc(-c5cccc(-c6ccc(-c7ccc8ccccc8c7)cc6)c5)c4)c3)c2)c1. The third-order valence-electron chi connectivity index (χ3n) is 18.0. The molecule has 0 fully saturated rings. The first-order valence-corrected chi connectivity index (χ1v) is 31.1. The van der Waals surface area contributed by atoms with Crippen molar-refractivity contribution in [2.24, 2.45) is 0 Å². The first-order chi connectivity index (χ1) is 44.5. The molecule has 0 saturated heterocycles. The van der Waals surface area contributed by atoms with E-state index < -0.39 is 0 Å². The summed E-state index contributed by atoms with van der Waals surface area (Å²) in [6.07, 6.45) is 0. The van der Waals surface area contributed by atoms with Crippen LogP contribution in [0.4, 0.5) is 0 Å². The molecule has 16 rings (SSSR count). The van der Waals surface area contributed by atoms with E-state index in [1.807, 2.05) is 0 Å². The summed E-state index contributed by atoms with van der Waals surface area (Å²) in [7, 11) is 0. The maximum atomic E-state index is 2.38. The zero-order chi connectivity index (χ0) is 59.7. The van der Waals surface area contributed by atoms with Crippen LogP contribution in [0.15, 0.2) is 364 Å². The smallest absolute Gasteiger partial charge is 0.0171 e. The fraction of sp³-hybridized carbons (Fsp3) is 0. The molecule has 0 nitrogen and oxygen atoms in total. The van der Waals surface area contributed by atoms with Gasteiger partial charge < -0.3 is 0 Å². The van der Waals surface area contributed by atoms with Crippen molar-refractivity contribution >= 4 is 32.3 Å². The molecule has 0 N–H and O–H groups in total. The standard InChI is InChI=1S/C90H60/c1-4-16-70-52-85(46-43-61(70)13-1)67-37-31-64(32-38-67)73-19-7-22-76(49-73)79-25-10-28-82(55-79)88-58-89(83-29-11-26-80(56-83)77-23-8-20-74(50-77)65-33-39-68(40-34-65)86-47-44-62-14-2-5-17-71(62)53-86)60-90(59-88)84-30-12-27-81(57-84)78-24-9-21-75(51-78)66-35-41-69(42-36-66)87-48-45-63-15-3-6-18-72(63)54-87/h1-60H.